The third kappa shape index (κ3) is 2.97. The summed E-state index contributed by atoms with van der Waals surface area (Å²) in [7, 11) is 0. The van der Waals surface area contributed by atoms with Crippen LogP contribution in [0.3, 0.4) is 0 Å². The van der Waals surface area contributed by atoms with Crippen molar-refractivity contribution >= 4 is 5.97 Å². The second-order valence-electron chi connectivity index (χ2n) is 5.30. The molecule has 0 unspecified atom stereocenters. The number of carbonyl (C=O) groups excluding carboxylic acids is 1. The molecule has 3 nitrogen and oxygen atoms in total. The van der Waals surface area contributed by atoms with Gasteiger partial charge in [0.15, 0.2) is 0 Å². The molecule has 2 saturated carbocycles. The lowest BCUT2D eigenvalue weighted by molar-refractivity contribution is -0.155. The minimum atomic E-state index is 0.0578. The summed E-state index contributed by atoms with van der Waals surface area (Å²) in [5.41, 5.74) is 5.64. The molecule has 3 heteroatoms. The highest BCUT2D eigenvalue weighted by atomic mass is 16.5. The van der Waals surface area contributed by atoms with Crippen LogP contribution in [0.1, 0.15) is 51.4 Å². The summed E-state index contributed by atoms with van der Waals surface area (Å²) in [6, 6.07) is 0. The predicted octanol–water partition coefficient (Wildman–Crippen LogP) is 2.24. The van der Waals surface area contributed by atoms with E-state index in [1.807, 2.05) is 0 Å². The van der Waals surface area contributed by atoms with Gasteiger partial charge < -0.3 is 10.5 Å². The molecule has 2 aliphatic carbocycles. The Morgan fingerprint density at radius 2 is 1.69 bits per heavy atom. The summed E-state index contributed by atoms with van der Waals surface area (Å²) in [6.07, 6.45) is 8.96. The highest BCUT2D eigenvalue weighted by Gasteiger charge is 2.29. The Bertz CT molecular complexity index is 228. The summed E-state index contributed by atoms with van der Waals surface area (Å²) in [5, 5.41) is 0. The first-order valence-electron chi connectivity index (χ1n) is 6.70. The van der Waals surface area contributed by atoms with Crippen molar-refractivity contribution in [2.75, 3.05) is 6.54 Å². The van der Waals surface area contributed by atoms with Gasteiger partial charge in [0.1, 0.15) is 6.10 Å². The molecule has 16 heavy (non-hydrogen) atoms. The van der Waals surface area contributed by atoms with Gasteiger partial charge in [0.25, 0.3) is 0 Å². The minimum absolute atomic E-state index is 0.0578. The molecule has 0 aromatic rings. The first-order chi connectivity index (χ1) is 7.79. The fourth-order valence-electron chi connectivity index (χ4n) is 2.90. The molecule has 0 amide bonds. The lowest BCUT2D eigenvalue weighted by Gasteiger charge is -2.27. The van der Waals surface area contributed by atoms with Crippen LogP contribution >= 0.6 is 0 Å². The van der Waals surface area contributed by atoms with E-state index >= 15 is 0 Å². The summed E-state index contributed by atoms with van der Waals surface area (Å²) in [6.45, 7) is 0.768. The van der Waals surface area contributed by atoms with Crippen molar-refractivity contribution in [3.05, 3.63) is 0 Å². The van der Waals surface area contributed by atoms with Crippen LogP contribution in [0.25, 0.3) is 0 Å². The predicted molar refractivity (Wildman–Crippen MR) is 62.9 cm³/mol. The van der Waals surface area contributed by atoms with Crippen LogP contribution in [0.2, 0.25) is 0 Å². The molecule has 0 aromatic carbocycles. The van der Waals surface area contributed by atoms with Crippen LogP contribution < -0.4 is 5.73 Å². The van der Waals surface area contributed by atoms with Gasteiger partial charge in [-0.15, -0.1) is 0 Å². The number of hydrogen-bond acceptors (Lipinski definition) is 3. The van der Waals surface area contributed by atoms with Crippen molar-refractivity contribution in [1.29, 1.82) is 0 Å². The van der Waals surface area contributed by atoms with Crippen LogP contribution in [-0.4, -0.2) is 18.6 Å². The van der Waals surface area contributed by atoms with E-state index in [1.54, 1.807) is 0 Å². The summed E-state index contributed by atoms with van der Waals surface area (Å²) >= 11 is 0. The number of nitrogens with two attached hydrogens (primary N) is 1. The van der Waals surface area contributed by atoms with Crippen molar-refractivity contribution in [2.24, 2.45) is 17.6 Å². The van der Waals surface area contributed by atoms with E-state index in [-0.39, 0.29) is 18.0 Å². The van der Waals surface area contributed by atoms with Gasteiger partial charge in [0, 0.05) is 0 Å². The molecule has 0 aromatic heterocycles. The Balaban J connectivity index is 1.73. The standard InChI is InChI=1S/C13H23NO2/c14-9-10-5-7-11(8-6-10)13(15)16-12-3-1-2-4-12/h10-12H,1-9,14H2. The van der Waals surface area contributed by atoms with E-state index in [0.29, 0.717) is 5.92 Å². The molecule has 2 aliphatic rings. The summed E-state index contributed by atoms with van der Waals surface area (Å²) in [5.74, 6) is 0.848. The lowest BCUT2D eigenvalue weighted by Crippen LogP contribution is -2.28. The maximum absolute atomic E-state index is 11.9. The smallest absolute Gasteiger partial charge is 0.309 e. The molecule has 0 aliphatic heterocycles. The van der Waals surface area contributed by atoms with E-state index in [9.17, 15) is 4.79 Å². The van der Waals surface area contributed by atoms with Gasteiger partial charge in [-0.2, -0.15) is 0 Å². The van der Waals surface area contributed by atoms with E-state index in [0.717, 1.165) is 45.1 Å². The van der Waals surface area contributed by atoms with Gasteiger partial charge >= 0.3 is 5.97 Å². The van der Waals surface area contributed by atoms with Crippen molar-refractivity contribution in [2.45, 2.75) is 57.5 Å². The van der Waals surface area contributed by atoms with Crippen molar-refractivity contribution in [3.8, 4) is 0 Å². The van der Waals surface area contributed by atoms with E-state index in [4.69, 9.17) is 10.5 Å². The monoisotopic (exact) mass is 225 g/mol. The maximum Gasteiger partial charge on any atom is 0.309 e. The zero-order valence-electron chi connectivity index (χ0n) is 9.99. The Labute approximate surface area is 97.7 Å². The molecule has 92 valence electrons. The fraction of sp³-hybridized carbons (Fsp3) is 0.923. The minimum Gasteiger partial charge on any atom is -0.462 e. The van der Waals surface area contributed by atoms with Crippen molar-refractivity contribution in [3.63, 3.8) is 0 Å². The van der Waals surface area contributed by atoms with Gasteiger partial charge in [-0.05, 0) is 63.8 Å². The first-order valence-corrected chi connectivity index (χ1v) is 6.70. The SMILES string of the molecule is NCC1CCC(C(=O)OC2CCCC2)CC1. The van der Waals surface area contributed by atoms with Crippen LogP contribution in [0, 0.1) is 11.8 Å². The summed E-state index contributed by atoms with van der Waals surface area (Å²) < 4.78 is 5.55. The highest BCUT2D eigenvalue weighted by molar-refractivity contribution is 5.72. The van der Waals surface area contributed by atoms with Crippen LogP contribution in [0.4, 0.5) is 0 Å². The topological polar surface area (TPSA) is 52.3 Å². The van der Waals surface area contributed by atoms with Crippen molar-refractivity contribution < 1.29 is 9.53 Å². The molecule has 2 N–H and O–H groups in total. The number of rotatable bonds is 3. The first kappa shape index (κ1) is 11.9. The van der Waals surface area contributed by atoms with Gasteiger partial charge in [0.05, 0.1) is 5.92 Å². The van der Waals surface area contributed by atoms with Crippen molar-refractivity contribution in [1.82, 2.24) is 0 Å². The maximum atomic E-state index is 11.9. The van der Waals surface area contributed by atoms with E-state index in [2.05, 4.69) is 0 Å². The number of carbonyl (C=O) groups is 1. The van der Waals surface area contributed by atoms with Crippen LogP contribution in [0.15, 0.2) is 0 Å². The highest BCUT2D eigenvalue weighted by Crippen LogP contribution is 2.30. The molecule has 0 saturated heterocycles. The molecular weight excluding hydrogens is 202 g/mol. The quantitative estimate of drug-likeness (QED) is 0.749. The fourth-order valence-corrected chi connectivity index (χ4v) is 2.90. The molecule has 0 spiro atoms. The third-order valence-electron chi connectivity index (χ3n) is 4.10. The van der Waals surface area contributed by atoms with Crippen LogP contribution in [0.5, 0.6) is 0 Å². The normalized spacial score (nSPS) is 31.6. The van der Waals surface area contributed by atoms with Crippen LogP contribution in [-0.2, 0) is 9.53 Å². The lowest BCUT2D eigenvalue weighted by atomic mass is 9.82. The largest absolute Gasteiger partial charge is 0.462 e. The second-order valence-corrected chi connectivity index (χ2v) is 5.30. The molecular formula is C13H23NO2. The van der Waals surface area contributed by atoms with Gasteiger partial charge in [-0.25, -0.2) is 0 Å². The van der Waals surface area contributed by atoms with Gasteiger partial charge in [-0.3, -0.25) is 4.79 Å². The number of esters is 1. The summed E-state index contributed by atoms with van der Waals surface area (Å²) in [4.78, 5) is 11.9. The van der Waals surface area contributed by atoms with Gasteiger partial charge in [0.2, 0.25) is 0 Å². The Morgan fingerprint density at radius 1 is 1.06 bits per heavy atom. The molecule has 0 heterocycles. The Morgan fingerprint density at radius 3 is 2.25 bits per heavy atom. The molecule has 2 rings (SSSR count). The average Bonchev–Trinajstić information content (AvgIpc) is 2.82. The zero-order valence-corrected chi connectivity index (χ0v) is 9.99. The average molecular weight is 225 g/mol. The zero-order chi connectivity index (χ0) is 11.4. The van der Waals surface area contributed by atoms with E-state index < -0.39 is 0 Å². The van der Waals surface area contributed by atoms with E-state index in [1.165, 1.54) is 12.8 Å². The number of ether oxygens (including phenoxy) is 1. The Kier molecular flexibility index (Phi) is 4.22. The molecule has 0 bridgehead atoms. The number of hydrogen-bond donors (Lipinski definition) is 1. The van der Waals surface area contributed by atoms with Gasteiger partial charge in [-0.1, -0.05) is 0 Å². The third-order valence-corrected chi connectivity index (χ3v) is 4.10. The second kappa shape index (κ2) is 5.67. The molecule has 2 fully saturated rings. The molecule has 0 radical (unpaired) electrons. The Hall–Kier alpha value is -0.570. The molecule has 0 atom stereocenters.